The molecule has 0 saturated carbocycles. The van der Waals surface area contributed by atoms with Gasteiger partial charge in [-0.15, -0.1) is 0 Å². The van der Waals surface area contributed by atoms with E-state index >= 15 is 0 Å². The Kier molecular flexibility index (Phi) is 5.70. The number of benzene rings is 1. The lowest BCUT2D eigenvalue weighted by Crippen LogP contribution is -2.37. The van der Waals surface area contributed by atoms with Crippen molar-refractivity contribution in [2.24, 2.45) is 5.14 Å². The van der Waals surface area contributed by atoms with E-state index in [-0.39, 0.29) is 16.5 Å². The molecule has 0 bridgehead atoms. The second-order valence-corrected chi connectivity index (χ2v) is 6.18. The first kappa shape index (κ1) is 17.4. The minimum Gasteiger partial charge on any atom is -0.478 e. The van der Waals surface area contributed by atoms with Crippen molar-refractivity contribution in [3.63, 3.8) is 0 Å². The second kappa shape index (κ2) is 6.88. The number of primary sulfonamides is 1. The molecule has 0 radical (unpaired) electrons. The van der Waals surface area contributed by atoms with Crippen LogP contribution in [0.2, 0.25) is 0 Å². The number of carboxylic acid groups (broad SMARTS) is 1. The van der Waals surface area contributed by atoms with Crippen LogP contribution in [-0.4, -0.2) is 45.8 Å². The summed E-state index contributed by atoms with van der Waals surface area (Å²) in [5, 5.41) is 14.4. The summed E-state index contributed by atoms with van der Waals surface area (Å²) in [6.45, 7) is 4.75. The number of anilines is 1. The lowest BCUT2D eigenvalue weighted by Gasteiger charge is -2.31. The van der Waals surface area contributed by atoms with E-state index in [0.717, 1.165) is 6.07 Å². The van der Waals surface area contributed by atoms with E-state index in [1.807, 2.05) is 18.7 Å². The molecule has 3 N–H and O–H groups in total. The number of carboxylic acids is 1. The van der Waals surface area contributed by atoms with Crippen LogP contribution in [0.25, 0.3) is 0 Å². The Morgan fingerprint density at radius 3 is 2.52 bits per heavy atom. The molecule has 1 aromatic rings. The molecule has 0 aliphatic rings. The highest BCUT2D eigenvalue weighted by atomic mass is 32.2. The maximum Gasteiger partial charge on any atom is 0.337 e. The third-order valence-corrected chi connectivity index (χ3v) is 4.03. The standard InChI is InChI=1S/C13H20N2O5S/c1-4-15(9(2)8-20-3)12-6-5-10(21(14,18)19)7-11(12)13(16)17/h5-7,9H,4,8H2,1-3H3,(H,16,17)(H2,14,18,19). The van der Waals surface area contributed by atoms with Gasteiger partial charge in [0.2, 0.25) is 10.0 Å². The number of hydrogen-bond acceptors (Lipinski definition) is 5. The first-order chi connectivity index (χ1) is 9.72. The maximum atomic E-state index is 11.4. The van der Waals surface area contributed by atoms with Crippen LogP contribution in [0.3, 0.4) is 0 Å². The minimum atomic E-state index is -3.95. The van der Waals surface area contributed by atoms with Gasteiger partial charge in [0.1, 0.15) is 0 Å². The number of sulfonamides is 1. The molecule has 0 saturated heterocycles. The molecular weight excluding hydrogens is 296 g/mol. The molecule has 0 amide bonds. The van der Waals surface area contributed by atoms with Gasteiger partial charge in [-0.05, 0) is 32.0 Å². The van der Waals surface area contributed by atoms with E-state index in [4.69, 9.17) is 9.88 Å². The quantitative estimate of drug-likeness (QED) is 0.773. The van der Waals surface area contributed by atoms with Crippen molar-refractivity contribution in [2.75, 3.05) is 25.2 Å². The van der Waals surface area contributed by atoms with Crippen molar-refractivity contribution in [2.45, 2.75) is 24.8 Å². The highest BCUT2D eigenvalue weighted by Gasteiger charge is 2.22. The highest BCUT2D eigenvalue weighted by molar-refractivity contribution is 7.89. The second-order valence-electron chi connectivity index (χ2n) is 4.62. The molecule has 0 spiro atoms. The summed E-state index contributed by atoms with van der Waals surface area (Å²) in [5.41, 5.74) is 0.327. The SMILES string of the molecule is CCN(c1ccc(S(N)(=O)=O)cc1C(=O)O)C(C)COC. The Morgan fingerprint density at radius 2 is 2.10 bits per heavy atom. The van der Waals surface area contributed by atoms with Crippen molar-refractivity contribution in [1.29, 1.82) is 0 Å². The molecule has 7 nitrogen and oxygen atoms in total. The maximum absolute atomic E-state index is 11.4. The fourth-order valence-electron chi connectivity index (χ4n) is 2.16. The molecular formula is C13H20N2O5S. The van der Waals surface area contributed by atoms with Gasteiger partial charge in [0.25, 0.3) is 0 Å². The summed E-state index contributed by atoms with van der Waals surface area (Å²) in [7, 11) is -2.38. The van der Waals surface area contributed by atoms with E-state index in [0.29, 0.717) is 18.8 Å². The fourth-order valence-corrected chi connectivity index (χ4v) is 2.70. The smallest absolute Gasteiger partial charge is 0.337 e. The lowest BCUT2D eigenvalue weighted by molar-refractivity contribution is 0.0697. The van der Waals surface area contributed by atoms with Gasteiger partial charge in [-0.3, -0.25) is 0 Å². The van der Waals surface area contributed by atoms with Gasteiger partial charge >= 0.3 is 5.97 Å². The van der Waals surface area contributed by atoms with E-state index in [2.05, 4.69) is 0 Å². The van der Waals surface area contributed by atoms with Gasteiger partial charge in [-0.1, -0.05) is 0 Å². The first-order valence-corrected chi connectivity index (χ1v) is 7.92. The van der Waals surface area contributed by atoms with Crippen molar-refractivity contribution < 1.29 is 23.1 Å². The van der Waals surface area contributed by atoms with Crippen LogP contribution in [0.15, 0.2) is 23.1 Å². The predicted octanol–water partition coefficient (Wildman–Crippen LogP) is 0.893. The topological polar surface area (TPSA) is 110 Å². The van der Waals surface area contributed by atoms with Crippen LogP contribution in [0.1, 0.15) is 24.2 Å². The summed E-state index contributed by atoms with van der Waals surface area (Å²) < 4.78 is 27.8. The Bertz CT molecular complexity index is 615. The lowest BCUT2D eigenvalue weighted by atomic mass is 10.1. The molecule has 0 heterocycles. The van der Waals surface area contributed by atoms with Crippen LogP contribution in [0, 0.1) is 0 Å². The zero-order valence-electron chi connectivity index (χ0n) is 12.2. The summed E-state index contributed by atoms with van der Waals surface area (Å²) in [5.74, 6) is -1.21. The molecule has 1 atom stereocenters. The average molecular weight is 316 g/mol. The molecule has 0 aromatic heterocycles. The molecule has 118 valence electrons. The Hall–Kier alpha value is -1.64. The Labute approximate surface area is 124 Å². The molecule has 1 rings (SSSR count). The van der Waals surface area contributed by atoms with Crippen molar-refractivity contribution >= 4 is 21.7 Å². The number of aromatic carboxylic acids is 1. The molecule has 1 aromatic carbocycles. The molecule has 21 heavy (non-hydrogen) atoms. The van der Waals surface area contributed by atoms with Crippen LogP contribution < -0.4 is 10.0 Å². The number of ether oxygens (including phenoxy) is 1. The van der Waals surface area contributed by atoms with Gasteiger partial charge in [-0.2, -0.15) is 0 Å². The molecule has 0 aliphatic carbocycles. The van der Waals surface area contributed by atoms with E-state index in [1.54, 1.807) is 7.11 Å². The molecule has 0 aliphatic heterocycles. The Morgan fingerprint density at radius 1 is 1.48 bits per heavy atom. The first-order valence-electron chi connectivity index (χ1n) is 6.38. The monoisotopic (exact) mass is 316 g/mol. The van der Waals surface area contributed by atoms with Crippen LogP contribution in [0.5, 0.6) is 0 Å². The zero-order chi connectivity index (χ0) is 16.2. The molecule has 8 heteroatoms. The van der Waals surface area contributed by atoms with E-state index in [1.165, 1.54) is 12.1 Å². The van der Waals surface area contributed by atoms with Gasteiger partial charge < -0.3 is 14.7 Å². The number of methoxy groups -OCH3 is 1. The van der Waals surface area contributed by atoms with Gasteiger partial charge in [0.15, 0.2) is 0 Å². The number of nitrogens with zero attached hydrogens (tertiary/aromatic N) is 1. The van der Waals surface area contributed by atoms with Crippen molar-refractivity contribution in [3.8, 4) is 0 Å². The summed E-state index contributed by atoms with van der Waals surface area (Å²) in [6.07, 6.45) is 0. The van der Waals surface area contributed by atoms with Gasteiger partial charge in [-0.25, -0.2) is 18.4 Å². The minimum absolute atomic E-state index is 0.0570. The average Bonchev–Trinajstić information content (AvgIpc) is 2.38. The molecule has 0 fully saturated rings. The van der Waals surface area contributed by atoms with E-state index in [9.17, 15) is 18.3 Å². The highest BCUT2D eigenvalue weighted by Crippen LogP contribution is 2.25. The fraction of sp³-hybridized carbons (Fsp3) is 0.462. The summed E-state index contributed by atoms with van der Waals surface area (Å²) >= 11 is 0. The third kappa shape index (κ3) is 4.16. The summed E-state index contributed by atoms with van der Waals surface area (Å²) in [4.78, 5) is 13.0. The number of hydrogen-bond donors (Lipinski definition) is 2. The van der Waals surface area contributed by atoms with Gasteiger partial charge in [0.05, 0.1) is 22.8 Å². The van der Waals surface area contributed by atoms with Crippen LogP contribution in [-0.2, 0) is 14.8 Å². The number of rotatable bonds is 7. The number of nitrogens with two attached hydrogens (primary N) is 1. The van der Waals surface area contributed by atoms with Crippen LogP contribution >= 0.6 is 0 Å². The third-order valence-electron chi connectivity index (χ3n) is 3.12. The number of carbonyl (C=O) groups is 1. The molecule has 1 unspecified atom stereocenters. The van der Waals surface area contributed by atoms with Gasteiger partial charge in [0, 0.05) is 19.7 Å². The zero-order valence-corrected chi connectivity index (χ0v) is 13.1. The number of likely N-dealkylation sites (N-methyl/N-ethyl adjacent to an activating group) is 1. The normalized spacial score (nSPS) is 13.0. The van der Waals surface area contributed by atoms with E-state index < -0.39 is 16.0 Å². The largest absolute Gasteiger partial charge is 0.478 e. The van der Waals surface area contributed by atoms with Crippen molar-refractivity contribution in [3.05, 3.63) is 23.8 Å². The van der Waals surface area contributed by atoms with Crippen LogP contribution in [0.4, 0.5) is 5.69 Å². The predicted molar refractivity (Wildman–Crippen MR) is 79.1 cm³/mol. The van der Waals surface area contributed by atoms with Crippen molar-refractivity contribution in [1.82, 2.24) is 0 Å². The summed E-state index contributed by atoms with van der Waals surface area (Å²) in [6, 6.07) is 3.78. The Balaban J connectivity index is 3.38.